The molecule has 1 aromatic rings. The van der Waals surface area contributed by atoms with E-state index in [0.717, 1.165) is 50.2 Å². The van der Waals surface area contributed by atoms with E-state index in [4.69, 9.17) is 9.47 Å². The van der Waals surface area contributed by atoms with Crippen LogP contribution in [0.1, 0.15) is 32.6 Å². The predicted octanol–water partition coefficient (Wildman–Crippen LogP) is 2.91. The normalized spacial score (nSPS) is 17.8. The summed E-state index contributed by atoms with van der Waals surface area (Å²) in [5.41, 5.74) is 1.06. The van der Waals surface area contributed by atoms with Gasteiger partial charge in [0, 0.05) is 31.4 Å². The van der Waals surface area contributed by atoms with Crippen molar-refractivity contribution in [2.24, 2.45) is 0 Å². The van der Waals surface area contributed by atoms with Gasteiger partial charge in [0.05, 0.1) is 7.11 Å². The Labute approximate surface area is 139 Å². The molecule has 1 saturated heterocycles. The van der Waals surface area contributed by atoms with Crippen molar-refractivity contribution in [3.05, 3.63) is 24.3 Å². The first kappa shape index (κ1) is 17.6. The maximum atomic E-state index is 12.2. The minimum atomic E-state index is 0.0994. The van der Waals surface area contributed by atoms with Gasteiger partial charge in [0.2, 0.25) is 5.91 Å². The molecule has 1 amide bonds. The number of hydrogen-bond donors (Lipinski definition) is 1. The lowest BCUT2D eigenvalue weighted by Crippen LogP contribution is -2.46. The molecule has 0 aliphatic carbocycles. The zero-order chi connectivity index (χ0) is 16.5. The number of amides is 1. The third-order valence-electron chi connectivity index (χ3n) is 4.10. The number of hydrogen-bond acceptors (Lipinski definition) is 4. The summed E-state index contributed by atoms with van der Waals surface area (Å²) in [6, 6.07) is 8.18. The summed E-state index contributed by atoms with van der Waals surface area (Å²) >= 11 is 0. The molecule has 0 radical (unpaired) electrons. The first-order valence-corrected chi connectivity index (χ1v) is 8.49. The highest BCUT2D eigenvalue weighted by Crippen LogP contribution is 2.19. The highest BCUT2D eigenvalue weighted by Gasteiger charge is 2.23. The molecular formula is C18H28N2O3. The molecule has 1 heterocycles. The second kappa shape index (κ2) is 9.40. The maximum Gasteiger partial charge on any atom is 0.248 e. The molecule has 128 valence electrons. The van der Waals surface area contributed by atoms with Gasteiger partial charge in [-0.1, -0.05) is 13.3 Å². The van der Waals surface area contributed by atoms with Gasteiger partial charge in [-0.2, -0.15) is 0 Å². The van der Waals surface area contributed by atoms with Crippen LogP contribution in [0.25, 0.3) is 0 Å². The quantitative estimate of drug-likeness (QED) is 0.748. The van der Waals surface area contributed by atoms with Crippen molar-refractivity contribution >= 4 is 11.6 Å². The van der Waals surface area contributed by atoms with Crippen molar-refractivity contribution < 1.29 is 14.3 Å². The largest absolute Gasteiger partial charge is 0.497 e. The topological polar surface area (TPSA) is 50.8 Å². The van der Waals surface area contributed by atoms with Crippen molar-refractivity contribution in [2.45, 2.75) is 38.6 Å². The molecule has 0 spiro atoms. The Hall–Kier alpha value is -1.75. The number of carbonyl (C=O) groups is 1. The lowest BCUT2D eigenvalue weighted by molar-refractivity contribution is -0.137. The van der Waals surface area contributed by atoms with Gasteiger partial charge in [0.15, 0.2) is 0 Å². The summed E-state index contributed by atoms with van der Waals surface area (Å²) in [6.45, 7) is 4.56. The second-order valence-electron chi connectivity index (χ2n) is 5.96. The summed E-state index contributed by atoms with van der Waals surface area (Å²) in [5, 5.41) is 3.50. The third-order valence-corrected chi connectivity index (χ3v) is 4.10. The van der Waals surface area contributed by atoms with Crippen molar-refractivity contribution in [3.8, 4) is 5.75 Å². The van der Waals surface area contributed by atoms with Crippen LogP contribution < -0.4 is 10.1 Å². The van der Waals surface area contributed by atoms with Gasteiger partial charge in [-0.05, 0) is 43.5 Å². The Morgan fingerprint density at radius 1 is 1.35 bits per heavy atom. The average Bonchev–Trinajstić information content (AvgIpc) is 2.59. The summed E-state index contributed by atoms with van der Waals surface area (Å²) < 4.78 is 10.6. The Balaban J connectivity index is 1.79. The van der Waals surface area contributed by atoms with Gasteiger partial charge < -0.3 is 19.7 Å². The van der Waals surface area contributed by atoms with Crippen LogP contribution >= 0.6 is 0 Å². The third kappa shape index (κ3) is 5.75. The van der Waals surface area contributed by atoms with Crippen LogP contribution in [0.2, 0.25) is 0 Å². The molecule has 5 heteroatoms. The van der Waals surface area contributed by atoms with Crippen molar-refractivity contribution in [2.75, 3.05) is 38.7 Å². The monoisotopic (exact) mass is 320 g/mol. The van der Waals surface area contributed by atoms with Gasteiger partial charge in [-0.15, -0.1) is 0 Å². The number of anilines is 1. The molecule has 1 aliphatic rings. The zero-order valence-corrected chi connectivity index (χ0v) is 14.2. The van der Waals surface area contributed by atoms with Crippen LogP contribution in [0, 0.1) is 0 Å². The van der Waals surface area contributed by atoms with Gasteiger partial charge in [0.1, 0.15) is 12.4 Å². The molecule has 2 rings (SSSR count). The standard InChI is InChI=1S/C18H28N2O3/c1-3-4-12-23-14-18(21)20-11-5-6-16(13-20)19-15-7-9-17(22-2)10-8-15/h7-10,16,19H,3-6,11-14H2,1-2H3. The number of nitrogens with one attached hydrogen (secondary N) is 1. The van der Waals surface area contributed by atoms with Crippen LogP contribution in [-0.4, -0.2) is 50.3 Å². The second-order valence-corrected chi connectivity index (χ2v) is 5.96. The number of unbranched alkanes of at least 4 members (excludes halogenated alkanes) is 1. The number of carbonyl (C=O) groups excluding carboxylic acids is 1. The lowest BCUT2D eigenvalue weighted by atomic mass is 10.1. The minimum absolute atomic E-state index is 0.0994. The molecule has 1 atom stereocenters. The molecule has 1 N–H and O–H groups in total. The van der Waals surface area contributed by atoms with E-state index in [9.17, 15) is 4.79 Å². The van der Waals surface area contributed by atoms with E-state index in [0.29, 0.717) is 6.61 Å². The Morgan fingerprint density at radius 3 is 2.83 bits per heavy atom. The van der Waals surface area contributed by atoms with E-state index in [1.807, 2.05) is 29.2 Å². The zero-order valence-electron chi connectivity index (χ0n) is 14.2. The van der Waals surface area contributed by atoms with Gasteiger partial charge in [0.25, 0.3) is 0 Å². The van der Waals surface area contributed by atoms with Crippen LogP contribution in [0.5, 0.6) is 5.75 Å². The highest BCUT2D eigenvalue weighted by atomic mass is 16.5. The number of likely N-dealkylation sites (tertiary alicyclic amines) is 1. The first-order chi connectivity index (χ1) is 11.2. The molecule has 1 unspecified atom stereocenters. The fourth-order valence-corrected chi connectivity index (χ4v) is 2.74. The molecular weight excluding hydrogens is 292 g/mol. The van der Waals surface area contributed by atoms with Crippen molar-refractivity contribution in [1.29, 1.82) is 0 Å². The summed E-state index contributed by atoms with van der Waals surface area (Å²) in [6.07, 6.45) is 4.20. The summed E-state index contributed by atoms with van der Waals surface area (Å²) in [4.78, 5) is 14.1. The average molecular weight is 320 g/mol. The van der Waals surface area contributed by atoms with E-state index < -0.39 is 0 Å². The number of methoxy groups -OCH3 is 1. The number of piperidine rings is 1. The van der Waals surface area contributed by atoms with Crippen LogP contribution in [-0.2, 0) is 9.53 Å². The minimum Gasteiger partial charge on any atom is -0.497 e. The number of benzene rings is 1. The Bertz CT molecular complexity index is 476. The molecule has 0 bridgehead atoms. The Morgan fingerprint density at radius 2 is 2.13 bits per heavy atom. The summed E-state index contributed by atoms with van der Waals surface area (Å²) in [7, 11) is 1.66. The van der Waals surface area contributed by atoms with E-state index >= 15 is 0 Å². The fourth-order valence-electron chi connectivity index (χ4n) is 2.74. The molecule has 5 nitrogen and oxygen atoms in total. The maximum absolute atomic E-state index is 12.2. The smallest absolute Gasteiger partial charge is 0.248 e. The van der Waals surface area contributed by atoms with Crippen LogP contribution in [0.4, 0.5) is 5.69 Å². The molecule has 1 fully saturated rings. The summed E-state index contributed by atoms with van der Waals surface area (Å²) in [5.74, 6) is 0.947. The van der Waals surface area contributed by atoms with Gasteiger partial charge in [-0.3, -0.25) is 4.79 Å². The van der Waals surface area contributed by atoms with Gasteiger partial charge in [-0.25, -0.2) is 0 Å². The van der Waals surface area contributed by atoms with Crippen LogP contribution in [0.15, 0.2) is 24.3 Å². The predicted molar refractivity (Wildman–Crippen MR) is 91.9 cm³/mol. The molecule has 0 aromatic heterocycles. The van der Waals surface area contributed by atoms with E-state index in [2.05, 4.69) is 12.2 Å². The van der Waals surface area contributed by atoms with E-state index in [-0.39, 0.29) is 18.6 Å². The van der Waals surface area contributed by atoms with Crippen LogP contribution in [0.3, 0.4) is 0 Å². The highest BCUT2D eigenvalue weighted by molar-refractivity contribution is 5.77. The number of rotatable bonds is 8. The fraction of sp³-hybridized carbons (Fsp3) is 0.611. The number of nitrogens with zero attached hydrogens (tertiary/aromatic N) is 1. The first-order valence-electron chi connectivity index (χ1n) is 8.49. The van der Waals surface area contributed by atoms with E-state index in [1.165, 1.54) is 0 Å². The molecule has 1 aromatic carbocycles. The van der Waals surface area contributed by atoms with Gasteiger partial charge >= 0.3 is 0 Å². The van der Waals surface area contributed by atoms with Crippen molar-refractivity contribution in [3.63, 3.8) is 0 Å². The van der Waals surface area contributed by atoms with Crippen molar-refractivity contribution in [1.82, 2.24) is 4.90 Å². The molecule has 23 heavy (non-hydrogen) atoms. The molecule has 1 aliphatic heterocycles. The van der Waals surface area contributed by atoms with E-state index in [1.54, 1.807) is 7.11 Å². The number of ether oxygens (including phenoxy) is 2. The SMILES string of the molecule is CCCCOCC(=O)N1CCCC(Nc2ccc(OC)cc2)C1. The molecule has 0 saturated carbocycles. The Kier molecular flexibility index (Phi) is 7.20. The lowest BCUT2D eigenvalue weighted by Gasteiger charge is -2.33.